The number of aromatic nitrogens is 1. The number of anilines is 1. The first kappa shape index (κ1) is 20.9. The summed E-state index contributed by atoms with van der Waals surface area (Å²) in [6.07, 6.45) is 0.713. The van der Waals surface area contributed by atoms with Gasteiger partial charge in [-0.05, 0) is 43.3 Å². The highest BCUT2D eigenvalue weighted by Gasteiger charge is 2.20. The summed E-state index contributed by atoms with van der Waals surface area (Å²) in [5.74, 6) is -0.448. The Morgan fingerprint density at radius 3 is 2.63 bits per heavy atom. The van der Waals surface area contributed by atoms with Gasteiger partial charge >= 0.3 is 5.76 Å². The second-order valence-electron chi connectivity index (χ2n) is 7.20. The first-order valence-electron chi connectivity index (χ1n) is 9.77. The van der Waals surface area contributed by atoms with E-state index >= 15 is 0 Å². The number of piperazine rings is 1. The molecule has 2 N–H and O–H groups in total. The van der Waals surface area contributed by atoms with Crippen molar-refractivity contribution in [3.63, 3.8) is 0 Å². The molecule has 0 amide bonds. The molecule has 4 rings (SSSR count). The van der Waals surface area contributed by atoms with Gasteiger partial charge in [-0.3, -0.25) is 9.88 Å². The third-order valence-electron chi connectivity index (χ3n) is 5.20. The van der Waals surface area contributed by atoms with Gasteiger partial charge in [0, 0.05) is 37.7 Å². The molecule has 0 unspecified atom stereocenters. The van der Waals surface area contributed by atoms with Gasteiger partial charge in [-0.1, -0.05) is 23.7 Å². The van der Waals surface area contributed by atoms with Crippen molar-refractivity contribution in [1.82, 2.24) is 14.6 Å². The van der Waals surface area contributed by atoms with Crippen LogP contribution in [0.3, 0.4) is 0 Å². The molecule has 3 aromatic rings. The fourth-order valence-corrected chi connectivity index (χ4v) is 5.03. The summed E-state index contributed by atoms with van der Waals surface area (Å²) in [5, 5.41) is 0.394. The van der Waals surface area contributed by atoms with Crippen LogP contribution in [-0.2, 0) is 10.0 Å². The number of oxazole rings is 1. The summed E-state index contributed by atoms with van der Waals surface area (Å²) in [6.45, 7) is 4.53. The van der Waals surface area contributed by atoms with E-state index in [0.29, 0.717) is 23.6 Å². The lowest BCUT2D eigenvalue weighted by Gasteiger charge is -2.36. The molecule has 0 saturated carbocycles. The molecule has 30 heavy (non-hydrogen) atoms. The predicted octanol–water partition coefficient (Wildman–Crippen LogP) is 2.27. The minimum Gasteiger partial charge on any atom is -0.408 e. The average Bonchev–Trinajstić information content (AvgIpc) is 3.12. The highest BCUT2D eigenvalue weighted by Crippen LogP contribution is 2.25. The van der Waals surface area contributed by atoms with Crippen molar-refractivity contribution in [1.29, 1.82) is 0 Å². The van der Waals surface area contributed by atoms with E-state index in [1.807, 2.05) is 12.1 Å². The number of halogens is 1. The number of para-hydroxylation sites is 1. The van der Waals surface area contributed by atoms with E-state index in [4.69, 9.17) is 16.0 Å². The van der Waals surface area contributed by atoms with Gasteiger partial charge in [-0.25, -0.2) is 17.9 Å². The van der Waals surface area contributed by atoms with Gasteiger partial charge in [0.15, 0.2) is 5.58 Å². The lowest BCUT2D eigenvalue weighted by molar-refractivity contribution is 0.255. The number of aromatic amines is 1. The molecule has 2 heterocycles. The molecule has 0 spiro atoms. The monoisotopic (exact) mass is 450 g/mol. The summed E-state index contributed by atoms with van der Waals surface area (Å²) < 4.78 is 32.4. The van der Waals surface area contributed by atoms with Crippen LogP contribution < -0.4 is 15.4 Å². The zero-order chi connectivity index (χ0) is 21.1. The van der Waals surface area contributed by atoms with Crippen molar-refractivity contribution in [3.8, 4) is 0 Å². The number of rotatable bonds is 7. The van der Waals surface area contributed by atoms with Gasteiger partial charge in [0.25, 0.3) is 0 Å². The standard InChI is InChI=1S/C20H23ClN4O4S/c21-15-4-1-5-16(14-15)30(27,28)22-8-3-9-24-10-12-25(13-11-24)17-6-2-7-18-19(17)23-20(26)29-18/h1-2,4-7,14,22H,3,8-13H2,(H,23,26). The lowest BCUT2D eigenvalue weighted by Crippen LogP contribution is -2.47. The average molecular weight is 451 g/mol. The number of hydrogen-bond acceptors (Lipinski definition) is 6. The normalized spacial score (nSPS) is 15.7. The molecule has 0 radical (unpaired) electrons. The van der Waals surface area contributed by atoms with Crippen LogP contribution in [0, 0.1) is 0 Å². The first-order valence-corrected chi connectivity index (χ1v) is 11.6. The number of fused-ring (bicyclic) bond motifs is 1. The van der Waals surface area contributed by atoms with Crippen LogP contribution >= 0.6 is 11.6 Å². The van der Waals surface area contributed by atoms with E-state index in [2.05, 4.69) is 19.5 Å². The maximum Gasteiger partial charge on any atom is 0.417 e. The van der Waals surface area contributed by atoms with Crippen molar-refractivity contribution in [2.24, 2.45) is 0 Å². The zero-order valence-electron chi connectivity index (χ0n) is 16.3. The molecule has 1 saturated heterocycles. The molecule has 160 valence electrons. The van der Waals surface area contributed by atoms with E-state index in [0.717, 1.165) is 43.9 Å². The number of nitrogens with one attached hydrogen (secondary N) is 2. The molecule has 2 aromatic carbocycles. The fourth-order valence-electron chi connectivity index (χ4n) is 3.66. The number of benzene rings is 2. The molecule has 8 nitrogen and oxygen atoms in total. The van der Waals surface area contributed by atoms with Gasteiger partial charge in [0.1, 0.15) is 5.52 Å². The van der Waals surface area contributed by atoms with Crippen molar-refractivity contribution in [2.45, 2.75) is 11.3 Å². The largest absolute Gasteiger partial charge is 0.417 e. The second kappa shape index (κ2) is 8.81. The Hall–Kier alpha value is -2.33. The minimum atomic E-state index is -3.55. The van der Waals surface area contributed by atoms with Crippen LogP contribution in [0.4, 0.5) is 5.69 Å². The number of nitrogens with zero attached hydrogens (tertiary/aromatic N) is 2. The number of sulfonamides is 1. The van der Waals surface area contributed by atoms with Crippen LogP contribution in [0.15, 0.2) is 56.6 Å². The predicted molar refractivity (Wildman–Crippen MR) is 117 cm³/mol. The maximum atomic E-state index is 12.3. The third kappa shape index (κ3) is 4.70. The fraction of sp³-hybridized carbons (Fsp3) is 0.350. The van der Waals surface area contributed by atoms with Crippen molar-refractivity contribution >= 4 is 38.4 Å². The topological polar surface area (TPSA) is 98.6 Å². The van der Waals surface area contributed by atoms with E-state index in [1.54, 1.807) is 18.2 Å². The minimum absolute atomic E-state index is 0.176. The van der Waals surface area contributed by atoms with Crippen LogP contribution in [0.2, 0.25) is 5.02 Å². The molecular formula is C20H23ClN4O4S. The smallest absolute Gasteiger partial charge is 0.408 e. The molecule has 0 bridgehead atoms. The summed E-state index contributed by atoms with van der Waals surface area (Å²) in [4.78, 5) is 19.0. The van der Waals surface area contributed by atoms with Gasteiger partial charge in [0.2, 0.25) is 10.0 Å². The van der Waals surface area contributed by atoms with Crippen molar-refractivity contribution < 1.29 is 12.8 Å². The Bertz CT molecular complexity index is 1180. The van der Waals surface area contributed by atoms with Gasteiger partial charge < -0.3 is 9.32 Å². The zero-order valence-corrected chi connectivity index (χ0v) is 17.9. The third-order valence-corrected chi connectivity index (χ3v) is 6.89. The Morgan fingerprint density at radius 1 is 1.10 bits per heavy atom. The Kier molecular flexibility index (Phi) is 6.14. The van der Waals surface area contributed by atoms with Crippen LogP contribution in [0.25, 0.3) is 11.1 Å². The molecule has 1 aliphatic rings. The first-order chi connectivity index (χ1) is 14.4. The van der Waals surface area contributed by atoms with E-state index < -0.39 is 15.8 Å². The summed E-state index contributed by atoms with van der Waals surface area (Å²) >= 11 is 5.88. The van der Waals surface area contributed by atoms with Gasteiger partial charge in [0.05, 0.1) is 10.6 Å². The van der Waals surface area contributed by atoms with Crippen LogP contribution in [0.1, 0.15) is 6.42 Å². The Balaban J connectivity index is 1.26. The van der Waals surface area contributed by atoms with E-state index in [1.165, 1.54) is 12.1 Å². The number of H-pyrrole nitrogens is 1. The SMILES string of the molecule is O=c1[nH]c2c(N3CCN(CCCNS(=O)(=O)c4cccc(Cl)c4)CC3)cccc2o1. The summed E-state index contributed by atoms with van der Waals surface area (Å²) in [7, 11) is -3.55. The maximum absolute atomic E-state index is 12.3. The van der Waals surface area contributed by atoms with Crippen LogP contribution in [-0.4, -0.2) is 57.6 Å². The summed E-state index contributed by atoms with van der Waals surface area (Å²) in [6, 6.07) is 11.9. The van der Waals surface area contributed by atoms with Crippen molar-refractivity contribution in [3.05, 3.63) is 58.0 Å². The molecule has 1 aliphatic heterocycles. The highest BCUT2D eigenvalue weighted by molar-refractivity contribution is 7.89. The lowest BCUT2D eigenvalue weighted by atomic mass is 10.2. The molecule has 1 aromatic heterocycles. The summed E-state index contributed by atoms with van der Waals surface area (Å²) in [5.41, 5.74) is 2.26. The van der Waals surface area contributed by atoms with Gasteiger partial charge in [-0.2, -0.15) is 0 Å². The van der Waals surface area contributed by atoms with Crippen molar-refractivity contribution in [2.75, 3.05) is 44.2 Å². The second-order valence-corrected chi connectivity index (χ2v) is 9.41. The highest BCUT2D eigenvalue weighted by atomic mass is 35.5. The van der Waals surface area contributed by atoms with Gasteiger partial charge in [-0.15, -0.1) is 0 Å². The number of hydrogen-bond donors (Lipinski definition) is 2. The molecule has 1 fully saturated rings. The molecule has 0 atom stereocenters. The Morgan fingerprint density at radius 2 is 1.87 bits per heavy atom. The molecule has 10 heteroatoms. The Labute approximate surface area is 179 Å². The quantitative estimate of drug-likeness (QED) is 0.536. The van der Waals surface area contributed by atoms with E-state index in [-0.39, 0.29) is 4.90 Å². The van der Waals surface area contributed by atoms with Crippen LogP contribution in [0.5, 0.6) is 0 Å². The van der Waals surface area contributed by atoms with E-state index in [9.17, 15) is 13.2 Å². The molecule has 0 aliphatic carbocycles. The molecular weight excluding hydrogens is 428 g/mol.